The van der Waals surface area contributed by atoms with E-state index in [1.54, 1.807) is 0 Å². The van der Waals surface area contributed by atoms with Crippen LogP contribution in [-0.2, 0) is 13.1 Å². The molecule has 0 aromatic carbocycles. The molecular weight excluding hydrogens is 278 g/mol. The standard InChI is InChI=1S/C13H20ClN5O/c1-3-19-11(12(14)9(2)16-19)8-17-7-10-6-15-4-5-18(10)13(17)20/h10,15H,3-8H2,1-2H3. The Hall–Kier alpha value is -1.27. The summed E-state index contributed by atoms with van der Waals surface area (Å²) in [5.41, 5.74) is 1.77. The fraction of sp³-hybridized carbons (Fsp3) is 0.692. The number of aromatic nitrogens is 2. The van der Waals surface area contributed by atoms with E-state index in [4.69, 9.17) is 11.6 Å². The van der Waals surface area contributed by atoms with Gasteiger partial charge in [-0.2, -0.15) is 5.10 Å². The topological polar surface area (TPSA) is 53.4 Å². The molecule has 2 aliphatic heterocycles. The van der Waals surface area contributed by atoms with Gasteiger partial charge in [0.25, 0.3) is 0 Å². The van der Waals surface area contributed by atoms with Crippen LogP contribution < -0.4 is 5.32 Å². The largest absolute Gasteiger partial charge is 0.320 e. The van der Waals surface area contributed by atoms with Crippen LogP contribution in [0.15, 0.2) is 0 Å². The van der Waals surface area contributed by atoms with Crippen LogP contribution in [0.5, 0.6) is 0 Å². The lowest BCUT2D eigenvalue weighted by Gasteiger charge is -2.28. The van der Waals surface area contributed by atoms with E-state index in [1.165, 1.54) is 0 Å². The van der Waals surface area contributed by atoms with Crippen LogP contribution in [0.2, 0.25) is 5.02 Å². The minimum atomic E-state index is 0.120. The van der Waals surface area contributed by atoms with Gasteiger partial charge in [-0.3, -0.25) is 4.68 Å². The van der Waals surface area contributed by atoms with Gasteiger partial charge >= 0.3 is 6.03 Å². The molecule has 7 heteroatoms. The minimum Gasteiger partial charge on any atom is -0.317 e. The predicted octanol–water partition coefficient (Wildman–Crippen LogP) is 1.07. The number of nitrogens with one attached hydrogen (secondary N) is 1. The molecule has 110 valence electrons. The number of urea groups is 1. The molecule has 3 rings (SSSR count). The van der Waals surface area contributed by atoms with Crippen molar-refractivity contribution >= 4 is 17.6 Å². The molecule has 1 atom stereocenters. The summed E-state index contributed by atoms with van der Waals surface area (Å²) < 4.78 is 1.89. The SMILES string of the molecule is CCn1nc(C)c(Cl)c1CN1CC2CNCCN2C1=O. The predicted molar refractivity (Wildman–Crippen MR) is 76.8 cm³/mol. The van der Waals surface area contributed by atoms with Crippen LogP contribution in [-0.4, -0.2) is 57.8 Å². The molecule has 1 unspecified atom stereocenters. The van der Waals surface area contributed by atoms with Gasteiger partial charge < -0.3 is 15.1 Å². The number of fused-ring (bicyclic) bond motifs is 1. The van der Waals surface area contributed by atoms with Crippen molar-refractivity contribution in [2.45, 2.75) is 33.0 Å². The van der Waals surface area contributed by atoms with Gasteiger partial charge in [0.2, 0.25) is 0 Å². The second kappa shape index (κ2) is 5.26. The van der Waals surface area contributed by atoms with Crippen molar-refractivity contribution in [3.8, 4) is 0 Å². The minimum absolute atomic E-state index is 0.120. The molecule has 2 fully saturated rings. The first-order chi connectivity index (χ1) is 9.61. The average Bonchev–Trinajstić information content (AvgIpc) is 2.92. The summed E-state index contributed by atoms with van der Waals surface area (Å²) in [4.78, 5) is 16.3. The Labute approximate surface area is 123 Å². The van der Waals surface area contributed by atoms with Crippen LogP contribution in [0.25, 0.3) is 0 Å². The highest BCUT2D eigenvalue weighted by atomic mass is 35.5. The lowest BCUT2D eigenvalue weighted by atomic mass is 10.2. The highest BCUT2D eigenvalue weighted by Crippen LogP contribution is 2.25. The average molecular weight is 298 g/mol. The monoisotopic (exact) mass is 297 g/mol. The Bertz CT molecular complexity index is 529. The van der Waals surface area contributed by atoms with Crippen molar-refractivity contribution in [1.82, 2.24) is 24.9 Å². The third-order valence-electron chi connectivity index (χ3n) is 4.09. The first kappa shape index (κ1) is 13.7. The van der Waals surface area contributed by atoms with E-state index < -0.39 is 0 Å². The molecule has 1 aromatic heterocycles. The molecule has 0 radical (unpaired) electrons. The maximum atomic E-state index is 12.4. The number of piperazine rings is 1. The lowest BCUT2D eigenvalue weighted by Crippen LogP contribution is -2.49. The second-order valence-electron chi connectivity index (χ2n) is 5.38. The van der Waals surface area contributed by atoms with E-state index in [-0.39, 0.29) is 12.1 Å². The zero-order chi connectivity index (χ0) is 14.3. The van der Waals surface area contributed by atoms with Crippen molar-refractivity contribution < 1.29 is 4.79 Å². The van der Waals surface area contributed by atoms with Gasteiger partial charge in [-0.1, -0.05) is 11.6 Å². The molecule has 2 saturated heterocycles. The van der Waals surface area contributed by atoms with Crippen molar-refractivity contribution in [1.29, 1.82) is 0 Å². The van der Waals surface area contributed by atoms with Gasteiger partial charge in [-0.15, -0.1) is 0 Å². The van der Waals surface area contributed by atoms with Crippen LogP contribution >= 0.6 is 11.6 Å². The quantitative estimate of drug-likeness (QED) is 0.908. The Morgan fingerprint density at radius 2 is 2.30 bits per heavy atom. The van der Waals surface area contributed by atoms with Crippen molar-refractivity contribution in [3.05, 3.63) is 16.4 Å². The summed E-state index contributed by atoms with van der Waals surface area (Å²) >= 11 is 6.32. The van der Waals surface area contributed by atoms with Gasteiger partial charge in [0.1, 0.15) is 0 Å². The molecule has 1 N–H and O–H groups in total. The van der Waals surface area contributed by atoms with Crippen molar-refractivity contribution in [3.63, 3.8) is 0 Å². The van der Waals surface area contributed by atoms with E-state index in [2.05, 4.69) is 10.4 Å². The molecule has 1 aromatic rings. The van der Waals surface area contributed by atoms with E-state index in [1.807, 2.05) is 28.3 Å². The molecule has 6 nitrogen and oxygen atoms in total. The van der Waals surface area contributed by atoms with Crippen LogP contribution in [0, 0.1) is 6.92 Å². The number of amides is 2. The Morgan fingerprint density at radius 1 is 1.50 bits per heavy atom. The van der Waals surface area contributed by atoms with E-state index >= 15 is 0 Å². The number of carbonyl (C=O) groups excluding carboxylic acids is 1. The fourth-order valence-electron chi connectivity index (χ4n) is 3.02. The Kier molecular flexibility index (Phi) is 3.60. The number of nitrogens with zero attached hydrogens (tertiary/aromatic N) is 4. The fourth-order valence-corrected chi connectivity index (χ4v) is 3.22. The summed E-state index contributed by atoms with van der Waals surface area (Å²) in [7, 11) is 0. The molecule has 2 aliphatic rings. The smallest absolute Gasteiger partial charge is 0.317 e. The summed E-state index contributed by atoms with van der Waals surface area (Å²) in [6.07, 6.45) is 0. The molecule has 0 spiro atoms. The molecule has 0 aliphatic carbocycles. The molecular formula is C13H20ClN5O. The van der Waals surface area contributed by atoms with Gasteiger partial charge in [0.15, 0.2) is 0 Å². The van der Waals surface area contributed by atoms with Gasteiger partial charge in [0, 0.05) is 32.7 Å². The van der Waals surface area contributed by atoms with Gasteiger partial charge in [-0.25, -0.2) is 4.79 Å². The summed E-state index contributed by atoms with van der Waals surface area (Å²) in [5.74, 6) is 0. The summed E-state index contributed by atoms with van der Waals surface area (Å²) in [6, 6.07) is 0.406. The third-order valence-corrected chi connectivity index (χ3v) is 4.58. The van der Waals surface area contributed by atoms with Crippen molar-refractivity contribution in [2.75, 3.05) is 26.2 Å². The Balaban J connectivity index is 1.80. The van der Waals surface area contributed by atoms with E-state index in [9.17, 15) is 4.79 Å². The highest BCUT2D eigenvalue weighted by molar-refractivity contribution is 6.31. The first-order valence-corrected chi connectivity index (χ1v) is 7.47. The zero-order valence-electron chi connectivity index (χ0n) is 11.9. The normalized spacial score (nSPS) is 22.6. The number of rotatable bonds is 3. The van der Waals surface area contributed by atoms with Gasteiger partial charge in [0.05, 0.1) is 29.0 Å². The van der Waals surface area contributed by atoms with Crippen LogP contribution in [0.1, 0.15) is 18.3 Å². The number of aryl methyl sites for hydroxylation is 2. The lowest BCUT2D eigenvalue weighted by molar-refractivity contribution is 0.177. The van der Waals surface area contributed by atoms with Crippen molar-refractivity contribution in [2.24, 2.45) is 0 Å². The maximum Gasteiger partial charge on any atom is 0.320 e. The number of hydrogen-bond acceptors (Lipinski definition) is 3. The number of hydrogen-bond donors (Lipinski definition) is 1. The second-order valence-corrected chi connectivity index (χ2v) is 5.75. The number of carbonyl (C=O) groups is 1. The van der Waals surface area contributed by atoms with E-state index in [0.29, 0.717) is 11.6 Å². The molecule has 0 saturated carbocycles. The molecule has 2 amide bonds. The first-order valence-electron chi connectivity index (χ1n) is 7.09. The molecule has 0 bridgehead atoms. The molecule has 3 heterocycles. The summed E-state index contributed by atoms with van der Waals surface area (Å²) in [6.45, 7) is 8.54. The van der Waals surface area contributed by atoms with Crippen LogP contribution in [0.4, 0.5) is 4.79 Å². The molecule has 20 heavy (non-hydrogen) atoms. The van der Waals surface area contributed by atoms with Crippen LogP contribution in [0.3, 0.4) is 0 Å². The zero-order valence-corrected chi connectivity index (χ0v) is 12.7. The van der Waals surface area contributed by atoms with Gasteiger partial charge in [-0.05, 0) is 13.8 Å². The number of halogens is 1. The third kappa shape index (κ3) is 2.16. The highest BCUT2D eigenvalue weighted by Gasteiger charge is 2.38. The summed E-state index contributed by atoms with van der Waals surface area (Å²) in [5, 5.41) is 8.43. The maximum absolute atomic E-state index is 12.4. The Morgan fingerprint density at radius 3 is 3.00 bits per heavy atom. The van der Waals surface area contributed by atoms with E-state index in [0.717, 1.165) is 44.1 Å².